The third-order valence-electron chi connectivity index (χ3n) is 3.51. The van der Waals surface area contributed by atoms with Gasteiger partial charge >= 0.3 is 5.97 Å². The highest BCUT2D eigenvalue weighted by Crippen LogP contribution is 2.46. The van der Waals surface area contributed by atoms with Crippen LogP contribution in [0.25, 0.3) is 0 Å². The van der Waals surface area contributed by atoms with Crippen LogP contribution in [-0.4, -0.2) is 23.8 Å². The summed E-state index contributed by atoms with van der Waals surface area (Å²) in [6.07, 6.45) is 0.807. The number of aliphatic carboxylic acids is 1. The largest absolute Gasteiger partial charge is 0.480 e. The molecule has 0 bridgehead atoms. The smallest absolute Gasteiger partial charge is 0.319 e. The highest BCUT2D eigenvalue weighted by molar-refractivity contribution is 6.04. The molecule has 1 aromatic carbocycles. The van der Waals surface area contributed by atoms with Gasteiger partial charge in [-0.1, -0.05) is 12.1 Å². The van der Waals surface area contributed by atoms with E-state index in [0.717, 1.165) is 5.56 Å². The van der Waals surface area contributed by atoms with Crippen LogP contribution < -0.4 is 14.8 Å². The Kier molecular flexibility index (Phi) is 2.58. The maximum Gasteiger partial charge on any atom is 0.319 e. The van der Waals surface area contributed by atoms with Gasteiger partial charge in [0, 0.05) is 12.1 Å². The average molecular weight is 263 g/mol. The number of para-hydroxylation sites is 1. The molecule has 0 spiro atoms. The van der Waals surface area contributed by atoms with Gasteiger partial charge in [0.05, 0.1) is 0 Å². The summed E-state index contributed by atoms with van der Waals surface area (Å²) in [5.41, 5.74) is -0.431. The molecular formula is C13H13NO5. The standard InChI is InChI=1S/C13H13NO5/c15-11(13(4-5-13)12(16)17)14-6-8-2-1-3-9-10(8)19-7-18-9/h1-3H,4-7H2,(H,14,15)(H,16,17). The number of ether oxygens (including phenoxy) is 2. The number of amides is 1. The Morgan fingerprint density at radius 1 is 1.32 bits per heavy atom. The van der Waals surface area contributed by atoms with E-state index in [9.17, 15) is 9.59 Å². The molecule has 6 nitrogen and oxygen atoms in total. The van der Waals surface area contributed by atoms with Gasteiger partial charge in [-0.3, -0.25) is 9.59 Å². The number of nitrogens with one attached hydrogen (secondary N) is 1. The van der Waals surface area contributed by atoms with Crippen LogP contribution >= 0.6 is 0 Å². The van der Waals surface area contributed by atoms with E-state index in [2.05, 4.69) is 5.32 Å². The Balaban J connectivity index is 1.69. The Morgan fingerprint density at radius 3 is 2.79 bits per heavy atom. The van der Waals surface area contributed by atoms with Crippen molar-refractivity contribution in [2.75, 3.05) is 6.79 Å². The first-order chi connectivity index (χ1) is 9.13. The Bertz CT molecular complexity index is 550. The number of carboxylic acids is 1. The normalized spacial score (nSPS) is 17.9. The van der Waals surface area contributed by atoms with Gasteiger partial charge in [-0.2, -0.15) is 0 Å². The first-order valence-corrected chi connectivity index (χ1v) is 6.03. The lowest BCUT2D eigenvalue weighted by molar-refractivity contribution is -0.149. The Labute approximate surface area is 109 Å². The maximum atomic E-state index is 11.9. The van der Waals surface area contributed by atoms with Crippen molar-refractivity contribution in [2.45, 2.75) is 19.4 Å². The summed E-state index contributed by atoms with van der Waals surface area (Å²) in [6.45, 7) is 0.403. The third kappa shape index (κ3) is 1.89. The first kappa shape index (κ1) is 11.8. The predicted octanol–water partition coefficient (Wildman–Crippen LogP) is 0.896. The van der Waals surface area contributed by atoms with Gasteiger partial charge in [-0.05, 0) is 18.9 Å². The molecule has 100 valence electrons. The van der Waals surface area contributed by atoms with Crippen molar-refractivity contribution in [3.63, 3.8) is 0 Å². The number of rotatable bonds is 4. The zero-order chi connectivity index (χ0) is 13.5. The summed E-state index contributed by atoms with van der Waals surface area (Å²) >= 11 is 0. The quantitative estimate of drug-likeness (QED) is 0.788. The van der Waals surface area contributed by atoms with Crippen LogP contribution in [-0.2, 0) is 16.1 Å². The number of benzene rings is 1. The fourth-order valence-electron chi connectivity index (χ4n) is 2.14. The number of hydrogen-bond donors (Lipinski definition) is 2. The molecule has 0 aromatic heterocycles. The van der Waals surface area contributed by atoms with E-state index in [4.69, 9.17) is 14.6 Å². The topological polar surface area (TPSA) is 84.9 Å². The second-order valence-electron chi connectivity index (χ2n) is 4.72. The number of hydrogen-bond acceptors (Lipinski definition) is 4. The molecule has 1 heterocycles. The zero-order valence-corrected chi connectivity index (χ0v) is 10.1. The molecule has 0 unspecified atom stereocenters. The van der Waals surface area contributed by atoms with E-state index in [1.807, 2.05) is 6.07 Å². The molecule has 3 rings (SSSR count). The number of carbonyl (C=O) groups excluding carboxylic acids is 1. The van der Waals surface area contributed by atoms with Crippen molar-refractivity contribution in [2.24, 2.45) is 5.41 Å². The predicted molar refractivity (Wildman–Crippen MR) is 63.7 cm³/mol. The molecule has 1 amide bonds. The molecule has 1 aromatic rings. The van der Waals surface area contributed by atoms with Crippen molar-refractivity contribution in [1.29, 1.82) is 0 Å². The molecule has 6 heteroatoms. The van der Waals surface area contributed by atoms with Crippen molar-refractivity contribution >= 4 is 11.9 Å². The fourth-order valence-corrected chi connectivity index (χ4v) is 2.14. The van der Waals surface area contributed by atoms with Crippen molar-refractivity contribution in [3.05, 3.63) is 23.8 Å². The van der Waals surface area contributed by atoms with E-state index in [0.29, 0.717) is 24.3 Å². The van der Waals surface area contributed by atoms with Gasteiger partial charge in [0.1, 0.15) is 5.41 Å². The van der Waals surface area contributed by atoms with Gasteiger partial charge in [0.15, 0.2) is 11.5 Å². The highest BCUT2D eigenvalue weighted by atomic mass is 16.7. The lowest BCUT2D eigenvalue weighted by atomic mass is 10.1. The Morgan fingerprint density at radius 2 is 2.11 bits per heavy atom. The summed E-state index contributed by atoms with van der Waals surface area (Å²) in [5, 5.41) is 11.7. The van der Waals surface area contributed by atoms with Crippen molar-refractivity contribution in [1.82, 2.24) is 5.32 Å². The number of fused-ring (bicyclic) bond motifs is 1. The zero-order valence-electron chi connectivity index (χ0n) is 10.1. The molecule has 1 fully saturated rings. The Hall–Kier alpha value is -2.24. The number of carboxylic acid groups (broad SMARTS) is 1. The summed E-state index contributed by atoms with van der Waals surface area (Å²) in [6, 6.07) is 5.40. The van der Waals surface area contributed by atoms with Crippen LogP contribution in [0, 0.1) is 5.41 Å². The van der Waals surface area contributed by atoms with E-state index in [1.165, 1.54) is 0 Å². The number of carbonyl (C=O) groups is 2. The second-order valence-corrected chi connectivity index (χ2v) is 4.72. The molecule has 1 saturated carbocycles. The van der Waals surface area contributed by atoms with E-state index in [1.54, 1.807) is 12.1 Å². The van der Waals surface area contributed by atoms with Gasteiger partial charge in [0.2, 0.25) is 12.7 Å². The molecular weight excluding hydrogens is 250 g/mol. The lowest BCUT2D eigenvalue weighted by Crippen LogP contribution is -2.36. The lowest BCUT2D eigenvalue weighted by Gasteiger charge is -2.11. The van der Waals surface area contributed by atoms with Gasteiger partial charge < -0.3 is 19.9 Å². The molecule has 0 atom stereocenters. The SMILES string of the molecule is O=C(O)C1(C(=O)NCc2cccc3c2OCO3)CC1. The molecule has 1 aliphatic heterocycles. The van der Waals surface area contributed by atoms with Crippen LogP contribution in [0.5, 0.6) is 11.5 Å². The molecule has 0 radical (unpaired) electrons. The summed E-state index contributed by atoms with van der Waals surface area (Å²) in [7, 11) is 0. The van der Waals surface area contributed by atoms with E-state index < -0.39 is 17.3 Å². The van der Waals surface area contributed by atoms with E-state index >= 15 is 0 Å². The van der Waals surface area contributed by atoms with Crippen LogP contribution in [0.4, 0.5) is 0 Å². The summed E-state index contributed by atoms with van der Waals surface area (Å²) in [4.78, 5) is 22.9. The second kappa shape index (κ2) is 4.15. The van der Waals surface area contributed by atoms with E-state index in [-0.39, 0.29) is 13.3 Å². The summed E-state index contributed by atoms with van der Waals surface area (Å²) < 4.78 is 10.6. The van der Waals surface area contributed by atoms with Crippen molar-refractivity contribution in [3.8, 4) is 11.5 Å². The molecule has 2 aliphatic rings. The minimum absolute atomic E-state index is 0.166. The van der Waals surface area contributed by atoms with Gasteiger partial charge in [-0.15, -0.1) is 0 Å². The van der Waals surface area contributed by atoms with Crippen LogP contribution in [0.3, 0.4) is 0 Å². The minimum Gasteiger partial charge on any atom is -0.480 e. The maximum absolute atomic E-state index is 11.9. The van der Waals surface area contributed by atoms with Gasteiger partial charge in [-0.25, -0.2) is 0 Å². The van der Waals surface area contributed by atoms with Gasteiger partial charge in [0.25, 0.3) is 0 Å². The fraction of sp³-hybridized carbons (Fsp3) is 0.385. The average Bonchev–Trinajstić information content (AvgIpc) is 3.08. The highest BCUT2D eigenvalue weighted by Gasteiger charge is 2.56. The third-order valence-corrected chi connectivity index (χ3v) is 3.51. The summed E-state index contributed by atoms with van der Waals surface area (Å²) in [5.74, 6) is -0.228. The van der Waals surface area contributed by atoms with Crippen LogP contribution in [0.15, 0.2) is 18.2 Å². The van der Waals surface area contributed by atoms with Crippen molar-refractivity contribution < 1.29 is 24.2 Å². The molecule has 19 heavy (non-hydrogen) atoms. The van der Waals surface area contributed by atoms with Crippen LogP contribution in [0.2, 0.25) is 0 Å². The van der Waals surface area contributed by atoms with Crippen LogP contribution in [0.1, 0.15) is 18.4 Å². The molecule has 0 saturated heterocycles. The monoisotopic (exact) mass is 263 g/mol. The minimum atomic E-state index is -1.21. The first-order valence-electron chi connectivity index (χ1n) is 6.03. The molecule has 1 aliphatic carbocycles. The molecule has 2 N–H and O–H groups in total.